The third-order valence-electron chi connectivity index (χ3n) is 3.06. The zero-order valence-corrected chi connectivity index (χ0v) is 11.2. The van der Waals surface area contributed by atoms with Crippen LogP contribution < -0.4 is 10.5 Å². The first-order valence-corrected chi connectivity index (χ1v) is 6.16. The second kappa shape index (κ2) is 5.42. The largest absolute Gasteiger partial charge is 0.495 e. The predicted octanol–water partition coefficient (Wildman–Crippen LogP) is 3.71. The molecule has 18 heavy (non-hydrogen) atoms. The molecule has 0 radical (unpaired) electrons. The third kappa shape index (κ3) is 2.50. The molecule has 2 aromatic carbocycles. The van der Waals surface area contributed by atoms with E-state index in [0.29, 0.717) is 10.8 Å². The Morgan fingerprint density at radius 1 is 1.17 bits per heavy atom. The fraction of sp³-hybridized carbons (Fsp3) is 0.200. The lowest BCUT2D eigenvalue weighted by Crippen LogP contribution is -2.13. The molecule has 1 unspecified atom stereocenters. The van der Waals surface area contributed by atoms with E-state index in [2.05, 4.69) is 13.0 Å². The van der Waals surface area contributed by atoms with E-state index in [-0.39, 0.29) is 6.04 Å². The van der Waals surface area contributed by atoms with Gasteiger partial charge in [-0.15, -0.1) is 0 Å². The molecule has 1 atom stereocenters. The Morgan fingerprint density at radius 2 is 1.89 bits per heavy atom. The van der Waals surface area contributed by atoms with E-state index in [9.17, 15) is 0 Å². The fourth-order valence-corrected chi connectivity index (χ4v) is 2.26. The quantitative estimate of drug-likeness (QED) is 0.914. The molecule has 0 spiro atoms. The molecular formula is C15H16ClNO. The van der Waals surface area contributed by atoms with E-state index < -0.39 is 0 Å². The smallest absolute Gasteiger partial charge is 0.137 e. The minimum atomic E-state index is -0.172. The second-order valence-corrected chi connectivity index (χ2v) is 4.64. The van der Waals surface area contributed by atoms with Gasteiger partial charge in [-0.3, -0.25) is 0 Å². The number of nitrogens with two attached hydrogens (primary N) is 1. The Labute approximate surface area is 112 Å². The Morgan fingerprint density at radius 3 is 2.50 bits per heavy atom. The van der Waals surface area contributed by atoms with Crippen molar-refractivity contribution in [3.8, 4) is 5.75 Å². The van der Waals surface area contributed by atoms with E-state index in [1.807, 2.05) is 36.4 Å². The molecule has 2 rings (SSSR count). The normalized spacial score (nSPS) is 12.2. The summed E-state index contributed by atoms with van der Waals surface area (Å²) in [6.07, 6.45) is 0. The molecule has 0 aromatic heterocycles. The lowest BCUT2D eigenvalue weighted by molar-refractivity contribution is 0.415. The fourth-order valence-electron chi connectivity index (χ4n) is 1.99. The van der Waals surface area contributed by atoms with Crippen LogP contribution in [0.25, 0.3) is 0 Å². The molecule has 2 nitrogen and oxygen atoms in total. The molecule has 3 heteroatoms. The molecule has 94 valence electrons. The van der Waals surface area contributed by atoms with Gasteiger partial charge in [0.05, 0.1) is 18.2 Å². The van der Waals surface area contributed by atoms with E-state index in [4.69, 9.17) is 22.1 Å². The minimum Gasteiger partial charge on any atom is -0.495 e. The zero-order chi connectivity index (χ0) is 13.1. The van der Waals surface area contributed by atoms with Crippen LogP contribution in [0.5, 0.6) is 5.75 Å². The zero-order valence-electron chi connectivity index (χ0n) is 10.5. The molecule has 2 aromatic rings. The molecular weight excluding hydrogens is 246 g/mol. The van der Waals surface area contributed by atoms with E-state index in [0.717, 1.165) is 11.1 Å². The standard InChI is InChI=1S/C15H16ClNO/c1-10-5-3-4-6-12(10)15(17)11-7-8-14(18-2)13(16)9-11/h3-9,15H,17H2,1-2H3. The third-order valence-corrected chi connectivity index (χ3v) is 3.35. The van der Waals surface area contributed by atoms with Crippen LogP contribution >= 0.6 is 11.6 Å². The molecule has 0 aliphatic rings. The van der Waals surface area contributed by atoms with E-state index in [1.165, 1.54) is 5.56 Å². The summed E-state index contributed by atoms with van der Waals surface area (Å²) in [5, 5.41) is 0.582. The van der Waals surface area contributed by atoms with Crippen LogP contribution in [0.4, 0.5) is 0 Å². The first-order chi connectivity index (χ1) is 8.63. The van der Waals surface area contributed by atoms with Gasteiger partial charge >= 0.3 is 0 Å². The number of rotatable bonds is 3. The number of benzene rings is 2. The summed E-state index contributed by atoms with van der Waals surface area (Å²) in [6.45, 7) is 2.06. The van der Waals surface area contributed by atoms with Crippen molar-refractivity contribution >= 4 is 11.6 Å². The monoisotopic (exact) mass is 261 g/mol. The van der Waals surface area contributed by atoms with Crippen molar-refractivity contribution in [1.29, 1.82) is 0 Å². The number of methoxy groups -OCH3 is 1. The summed E-state index contributed by atoms with van der Waals surface area (Å²) in [7, 11) is 1.60. The SMILES string of the molecule is COc1ccc(C(N)c2ccccc2C)cc1Cl. The first kappa shape index (κ1) is 12.9. The maximum absolute atomic E-state index is 6.28. The van der Waals surface area contributed by atoms with Crippen LogP contribution in [0.2, 0.25) is 5.02 Å². The maximum Gasteiger partial charge on any atom is 0.137 e. The summed E-state index contributed by atoms with van der Waals surface area (Å²) in [5.74, 6) is 0.664. The average molecular weight is 262 g/mol. The number of aryl methyl sites for hydroxylation is 1. The second-order valence-electron chi connectivity index (χ2n) is 4.23. The summed E-state index contributed by atoms with van der Waals surface area (Å²) in [4.78, 5) is 0. The van der Waals surface area contributed by atoms with Crippen molar-refractivity contribution in [2.45, 2.75) is 13.0 Å². The Balaban J connectivity index is 2.37. The van der Waals surface area contributed by atoms with Crippen molar-refractivity contribution in [3.63, 3.8) is 0 Å². The summed E-state index contributed by atoms with van der Waals surface area (Å²) < 4.78 is 5.14. The van der Waals surface area contributed by atoms with Crippen LogP contribution in [-0.4, -0.2) is 7.11 Å². The Hall–Kier alpha value is -1.51. The van der Waals surface area contributed by atoms with Crippen molar-refractivity contribution in [2.75, 3.05) is 7.11 Å². The molecule has 0 bridgehead atoms. The number of halogens is 1. The lowest BCUT2D eigenvalue weighted by Gasteiger charge is -2.16. The molecule has 0 saturated heterocycles. The van der Waals surface area contributed by atoms with Gasteiger partial charge in [-0.05, 0) is 35.7 Å². The van der Waals surface area contributed by atoms with Gasteiger partial charge < -0.3 is 10.5 Å². The van der Waals surface area contributed by atoms with Gasteiger partial charge in [0.2, 0.25) is 0 Å². The van der Waals surface area contributed by atoms with Crippen molar-refractivity contribution in [3.05, 3.63) is 64.2 Å². The molecule has 2 N–H and O–H groups in total. The van der Waals surface area contributed by atoms with Crippen LogP contribution in [-0.2, 0) is 0 Å². The van der Waals surface area contributed by atoms with Gasteiger partial charge in [-0.25, -0.2) is 0 Å². The molecule has 0 aliphatic heterocycles. The first-order valence-electron chi connectivity index (χ1n) is 5.78. The molecule has 0 fully saturated rings. The molecule has 0 saturated carbocycles. The molecule has 0 amide bonds. The van der Waals surface area contributed by atoms with Gasteiger partial charge in [0, 0.05) is 0 Å². The van der Waals surface area contributed by atoms with Gasteiger partial charge in [0.25, 0.3) is 0 Å². The van der Waals surface area contributed by atoms with Crippen molar-refractivity contribution in [1.82, 2.24) is 0 Å². The highest BCUT2D eigenvalue weighted by atomic mass is 35.5. The van der Waals surface area contributed by atoms with Crippen LogP contribution in [0.15, 0.2) is 42.5 Å². The van der Waals surface area contributed by atoms with Crippen molar-refractivity contribution in [2.24, 2.45) is 5.73 Å². The number of hydrogen-bond donors (Lipinski definition) is 1. The highest BCUT2D eigenvalue weighted by Gasteiger charge is 2.12. The summed E-state index contributed by atoms with van der Waals surface area (Å²) in [6, 6.07) is 13.6. The Bertz CT molecular complexity index is 554. The number of ether oxygens (including phenoxy) is 1. The van der Waals surface area contributed by atoms with Gasteiger partial charge in [-0.2, -0.15) is 0 Å². The van der Waals surface area contributed by atoms with Gasteiger partial charge in [0.15, 0.2) is 0 Å². The minimum absolute atomic E-state index is 0.172. The van der Waals surface area contributed by atoms with Crippen molar-refractivity contribution < 1.29 is 4.74 Å². The average Bonchev–Trinajstić information content (AvgIpc) is 2.38. The summed E-state index contributed by atoms with van der Waals surface area (Å²) in [5.41, 5.74) is 9.55. The molecule has 0 aliphatic carbocycles. The van der Waals surface area contributed by atoms with Gasteiger partial charge in [-0.1, -0.05) is 41.9 Å². The van der Waals surface area contributed by atoms with Crippen LogP contribution in [0.1, 0.15) is 22.7 Å². The highest BCUT2D eigenvalue weighted by Crippen LogP contribution is 2.30. The lowest BCUT2D eigenvalue weighted by atomic mass is 9.96. The number of hydrogen-bond acceptors (Lipinski definition) is 2. The maximum atomic E-state index is 6.28. The van der Waals surface area contributed by atoms with Crippen LogP contribution in [0.3, 0.4) is 0 Å². The van der Waals surface area contributed by atoms with Gasteiger partial charge in [0.1, 0.15) is 5.75 Å². The Kier molecular flexibility index (Phi) is 3.90. The summed E-state index contributed by atoms with van der Waals surface area (Å²) >= 11 is 6.12. The van der Waals surface area contributed by atoms with E-state index in [1.54, 1.807) is 7.11 Å². The topological polar surface area (TPSA) is 35.2 Å². The van der Waals surface area contributed by atoms with Crippen LogP contribution in [0, 0.1) is 6.92 Å². The predicted molar refractivity (Wildman–Crippen MR) is 75.2 cm³/mol. The highest BCUT2D eigenvalue weighted by molar-refractivity contribution is 6.32. The van der Waals surface area contributed by atoms with E-state index >= 15 is 0 Å². The molecule has 0 heterocycles.